The molecule has 1 heterocycles. The largest absolute Gasteiger partial charge is 0.492 e. The number of benzene rings is 1. The van der Waals surface area contributed by atoms with Crippen molar-refractivity contribution < 1.29 is 9.47 Å². The second-order valence-electron chi connectivity index (χ2n) is 6.55. The second-order valence-corrected chi connectivity index (χ2v) is 6.55. The second kappa shape index (κ2) is 10.3. The smallest absolute Gasteiger partial charge is 0.119 e. The number of rotatable bonds is 10. The van der Waals surface area contributed by atoms with Gasteiger partial charge in [-0.3, -0.25) is 4.90 Å². The molecule has 0 N–H and O–H groups in total. The summed E-state index contributed by atoms with van der Waals surface area (Å²) in [4.78, 5) is 5.48. The maximum absolute atomic E-state index is 9.03. The van der Waals surface area contributed by atoms with Crippen LogP contribution in [0.25, 0.3) is 10.4 Å². The highest BCUT2D eigenvalue weighted by Crippen LogP contribution is 2.36. The summed E-state index contributed by atoms with van der Waals surface area (Å²) in [6, 6.07) is 8.07. The van der Waals surface area contributed by atoms with E-state index in [1.165, 1.54) is 0 Å². The summed E-state index contributed by atoms with van der Waals surface area (Å²) < 4.78 is 11.2. The zero-order valence-electron chi connectivity index (χ0n) is 15.5. The molecule has 0 amide bonds. The number of hydrogen-bond donors (Lipinski definition) is 0. The SMILES string of the molecule is CCCC(CCC)(N=[N+]=[N-])c1ccc(OCCN2CCOCC2)cc1. The first-order valence-electron chi connectivity index (χ1n) is 9.34. The van der Waals surface area contributed by atoms with Crippen molar-refractivity contribution in [1.29, 1.82) is 0 Å². The molecule has 1 aromatic rings. The van der Waals surface area contributed by atoms with E-state index in [9.17, 15) is 0 Å². The molecule has 0 aliphatic carbocycles. The van der Waals surface area contributed by atoms with Crippen molar-refractivity contribution in [2.75, 3.05) is 39.5 Å². The van der Waals surface area contributed by atoms with Crippen molar-refractivity contribution in [3.05, 3.63) is 40.3 Å². The first kappa shape index (κ1) is 19.6. The van der Waals surface area contributed by atoms with Crippen molar-refractivity contribution in [3.8, 4) is 5.75 Å². The van der Waals surface area contributed by atoms with E-state index in [1.807, 2.05) is 24.3 Å². The zero-order chi connectivity index (χ0) is 18.0. The third kappa shape index (κ3) is 5.63. The monoisotopic (exact) mass is 346 g/mol. The van der Waals surface area contributed by atoms with Crippen LogP contribution in [-0.4, -0.2) is 44.4 Å². The Morgan fingerprint density at radius 1 is 1.16 bits per heavy atom. The molecule has 1 aliphatic rings. The van der Waals surface area contributed by atoms with Crippen LogP contribution in [0.4, 0.5) is 0 Å². The molecular weight excluding hydrogens is 316 g/mol. The van der Waals surface area contributed by atoms with Crippen molar-refractivity contribution in [2.45, 2.75) is 45.1 Å². The minimum absolute atomic E-state index is 0.440. The van der Waals surface area contributed by atoms with E-state index < -0.39 is 5.54 Å². The van der Waals surface area contributed by atoms with Crippen LogP contribution in [0.5, 0.6) is 5.75 Å². The summed E-state index contributed by atoms with van der Waals surface area (Å²) in [5.74, 6) is 0.861. The normalized spacial score (nSPS) is 15.6. The predicted molar refractivity (Wildman–Crippen MR) is 99.8 cm³/mol. The molecule has 1 saturated heterocycles. The molecule has 1 aromatic carbocycles. The summed E-state index contributed by atoms with van der Waals surface area (Å²) in [6.07, 6.45) is 3.69. The van der Waals surface area contributed by atoms with Crippen LogP contribution in [0.2, 0.25) is 0 Å². The lowest BCUT2D eigenvalue weighted by atomic mass is 9.82. The lowest BCUT2D eigenvalue weighted by molar-refractivity contribution is 0.0322. The fraction of sp³-hybridized carbons (Fsp3) is 0.684. The summed E-state index contributed by atoms with van der Waals surface area (Å²) >= 11 is 0. The molecule has 1 fully saturated rings. The standard InChI is InChI=1S/C19H30N4O2/c1-3-9-19(10-4-2,21-22-20)17-5-7-18(8-6-17)25-16-13-23-11-14-24-15-12-23/h5-8H,3-4,9-16H2,1-2H3. The van der Waals surface area contributed by atoms with Crippen LogP contribution in [-0.2, 0) is 10.3 Å². The molecule has 0 aromatic heterocycles. The van der Waals surface area contributed by atoms with Gasteiger partial charge in [-0.25, -0.2) is 0 Å². The van der Waals surface area contributed by atoms with Crippen molar-refractivity contribution in [3.63, 3.8) is 0 Å². The molecule has 0 saturated carbocycles. The van der Waals surface area contributed by atoms with Gasteiger partial charge in [-0.1, -0.05) is 43.9 Å². The third-order valence-electron chi connectivity index (χ3n) is 4.73. The number of ether oxygens (including phenoxy) is 2. The van der Waals surface area contributed by atoms with Crippen LogP contribution in [0.15, 0.2) is 29.4 Å². The Kier molecular flexibility index (Phi) is 8.06. The molecule has 2 rings (SSSR count). The van der Waals surface area contributed by atoms with Crippen LogP contribution < -0.4 is 4.74 Å². The lowest BCUT2D eigenvalue weighted by Crippen LogP contribution is -2.38. The van der Waals surface area contributed by atoms with Gasteiger partial charge >= 0.3 is 0 Å². The number of azide groups is 1. The Bertz CT molecular complexity index is 543. The highest BCUT2D eigenvalue weighted by atomic mass is 16.5. The van der Waals surface area contributed by atoms with Gasteiger partial charge in [0, 0.05) is 24.5 Å². The van der Waals surface area contributed by atoms with Gasteiger partial charge in [-0.05, 0) is 36.1 Å². The molecule has 6 nitrogen and oxygen atoms in total. The van der Waals surface area contributed by atoms with E-state index in [4.69, 9.17) is 15.0 Å². The molecule has 25 heavy (non-hydrogen) atoms. The average molecular weight is 346 g/mol. The zero-order valence-corrected chi connectivity index (χ0v) is 15.5. The number of hydrogen-bond acceptors (Lipinski definition) is 4. The molecule has 0 radical (unpaired) electrons. The van der Waals surface area contributed by atoms with E-state index in [-0.39, 0.29) is 0 Å². The summed E-state index contributed by atoms with van der Waals surface area (Å²) in [5.41, 5.74) is 9.67. The third-order valence-corrected chi connectivity index (χ3v) is 4.73. The molecule has 0 atom stereocenters. The quantitative estimate of drug-likeness (QED) is 0.356. The topological polar surface area (TPSA) is 70.5 Å². The number of morpholine rings is 1. The Morgan fingerprint density at radius 3 is 2.36 bits per heavy atom. The maximum Gasteiger partial charge on any atom is 0.119 e. The molecule has 0 unspecified atom stereocenters. The summed E-state index contributed by atoms with van der Waals surface area (Å²) in [6.45, 7) is 9.41. The summed E-state index contributed by atoms with van der Waals surface area (Å²) in [5, 5.41) is 4.18. The van der Waals surface area contributed by atoms with Crippen LogP contribution >= 0.6 is 0 Å². The Labute approximate surface area is 150 Å². The van der Waals surface area contributed by atoms with Crippen molar-refractivity contribution in [2.24, 2.45) is 5.11 Å². The summed E-state index contributed by atoms with van der Waals surface area (Å²) in [7, 11) is 0. The average Bonchev–Trinajstić information content (AvgIpc) is 2.64. The van der Waals surface area contributed by atoms with Crippen molar-refractivity contribution >= 4 is 0 Å². The molecule has 138 valence electrons. The van der Waals surface area contributed by atoms with Crippen LogP contribution in [0.3, 0.4) is 0 Å². The van der Waals surface area contributed by atoms with E-state index in [0.29, 0.717) is 6.61 Å². The molecule has 0 bridgehead atoms. The maximum atomic E-state index is 9.03. The molecule has 6 heteroatoms. The first-order chi connectivity index (χ1) is 12.2. The van der Waals surface area contributed by atoms with E-state index in [0.717, 1.165) is 69.8 Å². The Morgan fingerprint density at radius 2 is 1.80 bits per heavy atom. The van der Waals surface area contributed by atoms with E-state index >= 15 is 0 Å². The van der Waals surface area contributed by atoms with Gasteiger partial charge in [0.2, 0.25) is 0 Å². The number of nitrogens with zero attached hydrogens (tertiary/aromatic N) is 4. The first-order valence-corrected chi connectivity index (χ1v) is 9.34. The molecule has 0 spiro atoms. The van der Waals surface area contributed by atoms with Crippen LogP contribution in [0, 0.1) is 0 Å². The highest BCUT2D eigenvalue weighted by molar-refractivity contribution is 5.32. The van der Waals surface area contributed by atoms with Crippen LogP contribution in [0.1, 0.15) is 45.1 Å². The van der Waals surface area contributed by atoms with Gasteiger partial charge in [0.1, 0.15) is 12.4 Å². The van der Waals surface area contributed by atoms with Gasteiger partial charge in [0.05, 0.1) is 18.8 Å². The van der Waals surface area contributed by atoms with E-state index in [1.54, 1.807) is 0 Å². The van der Waals surface area contributed by atoms with Gasteiger partial charge in [0.15, 0.2) is 0 Å². The molecule has 1 aliphatic heterocycles. The Balaban J connectivity index is 1.97. The molecular formula is C19H30N4O2. The van der Waals surface area contributed by atoms with Gasteiger partial charge in [-0.2, -0.15) is 0 Å². The minimum atomic E-state index is -0.440. The fourth-order valence-electron chi connectivity index (χ4n) is 3.46. The highest BCUT2D eigenvalue weighted by Gasteiger charge is 2.29. The van der Waals surface area contributed by atoms with Gasteiger partial charge < -0.3 is 9.47 Å². The van der Waals surface area contributed by atoms with Gasteiger partial charge in [-0.15, -0.1) is 0 Å². The van der Waals surface area contributed by atoms with Crippen molar-refractivity contribution in [1.82, 2.24) is 4.90 Å². The lowest BCUT2D eigenvalue weighted by Gasteiger charge is -2.29. The Hall–Kier alpha value is -1.75. The van der Waals surface area contributed by atoms with Gasteiger partial charge in [0.25, 0.3) is 0 Å². The fourth-order valence-corrected chi connectivity index (χ4v) is 3.46. The predicted octanol–water partition coefficient (Wildman–Crippen LogP) is 4.50. The minimum Gasteiger partial charge on any atom is -0.492 e. The van der Waals surface area contributed by atoms with E-state index in [2.05, 4.69) is 28.8 Å².